The van der Waals surface area contributed by atoms with Crippen LogP contribution in [0, 0.1) is 5.92 Å². The van der Waals surface area contributed by atoms with Crippen LogP contribution in [0.4, 0.5) is 5.69 Å². The fourth-order valence-electron chi connectivity index (χ4n) is 4.32. The number of halogens is 1. The largest absolute Gasteiger partial charge is 0.469 e. The molecule has 1 saturated heterocycles. The van der Waals surface area contributed by atoms with E-state index in [4.69, 9.17) is 16.3 Å². The molecular weight excluding hydrogens is 404 g/mol. The quantitative estimate of drug-likeness (QED) is 0.684. The molecular formula is C23H25ClN2O4. The zero-order chi connectivity index (χ0) is 21.1. The minimum atomic E-state index is -0.339. The number of rotatable bonds is 6. The van der Waals surface area contributed by atoms with Gasteiger partial charge in [0.05, 0.1) is 32.1 Å². The summed E-state index contributed by atoms with van der Waals surface area (Å²) in [6, 6.07) is 14.1. The van der Waals surface area contributed by atoms with E-state index in [2.05, 4.69) is 27.5 Å². The van der Waals surface area contributed by atoms with Gasteiger partial charge in [-0.2, -0.15) is 0 Å². The third-order valence-electron chi connectivity index (χ3n) is 5.75. The van der Waals surface area contributed by atoms with Gasteiger partial charge in [-0.05, 0) is 35.7 Å². The summed E-state index contributed by atoms with van der Waals surface area (Å²) in [6.07, 6.45) is 1.38. The molecule has 2 aromatic rings. The van der Waals surface area contributed by atoms with Crippen LogP contribution in [0.25, 0.3) is 0 Å². The Hall–Kier alpha value is -2.57. The summed E-state index contributed by atoms with van der Waals surface area (Å²) in [4.78, 5) is 23.4. The van der Waals surface area contributed by atoms with Crippen molar-refractivity contribution in [3.05, 3.63) is 64.2 Å². The molecule has 0 bridgehead atoms. The average Bonchev–Trinajstić information content (AvgIpc) is 3.23. The first-order chi connectivity index (χ1) is 14.5. The summed E-state index contributed by atoms with van der Waals surface area (Å²) in [5.41, 5.74) is 4.19. The molecule has 158 valence electrons. The number of benzene rings is 2. The molecule has 0 saturated carbocycles. The van der Waals surface area contributed by atoms with Crippen molar-refractivity contribution in [2.24, 2.45) is 5.92 Å². The second kappa shape index (κ2) is 9.06. The predicted octanol–water partition coefficient (Wildman–Crippen LogP) is 3.81. The van der Waals surface area contributed by atoms with Gasteiger partial charge >= 0.3 is 5.97 Å². The highest BCUT2D eigenvalue weighted by atomic mass is 35.5. The Morgan fingerprint density at radius 3 is 2.93 bits per heavy atom. The monoisotopic (exact) mass is 428 g/mol. The van der Waals surface area contributed by atoms with Gasteiger partial charge in [-0.15, -0.1) is 0 Å². The number of carbonyl (C=O) groups is 2. The van der Waals surface area contributed by atoms with Gasteiger partial charge in [0.25, 0.3) is 0 Å². The molecule has 2 heterocycles. The maximum Gasteiger partial charge on any atom is 0.307 e. The Labute approximate surface area is 180 Å². The van der Waals surface area contributed by atoms with Crippen molar-refractivity contribution in [2.45, 2.75) is 31.4 Å². The average molecular weight is 429 g/mol. The third kappa shape index (κ3) is 4.45. The molecule has 2 N–H and O–H groups in total. The van der Waals surface area contributed by atoms with E-state index in [1.165, 1.54) is 7.11 Å². The summed E-state index contributed by atoms with van der Waals surface area (Å²) in [7, 11) is 1.33. The predicted molar refractivity (Wildman–Crippen MR) is 114 cm³/mol. The first-order valence-electron chi connectivity index (χ1n) is 10.1. The van der Waals surface area contributed by atoms with E-state index in [1.807, 2.05) is 30.3 Å². The summed E-state index contributed by atoms with van der Waals surface area (Å²) in [6.45, 7) is 0.985. The van der Waals surface area contributed by atoms with Crippen molar-refractivity contribution in [1.29, 1.82) is 0 Å². The maximum atomic E-state index is 12.2. The van der Waals surface area contributed by atoms with E-state index in [9.17, 15) is 9.59 Å². The number of anilines is 1. The second-order valence-corrected chi connectivity index (χ2v) is 8.13. The van der Waals surface area contributed by atoms with E-state index in [0.29, 0.717) is 12.5 Å². The minimum Gasteiger partial charge on any atom is -0.469 e. The highest BCUT2D eigenvalue weighted by Crippen LogP contribution is 2.50. The van der Waals surface area contributed by atoms with E-state index in [1.54, 1.807) is 0 Å². The lowest BCUT2D eigenvalue weighted by Gasteiger charge is -2.36. The molecule has 2 aromatic carbocycles. The first-order valence-corrected chi connectivity index (χ1v) is 10.5. The minimum absolute atomic E-state index is 0.00688. The number of ether oxygens (including phenoxy) is 2. The molecule has 6 nitrogen and oxygen atoms in total. The van der Waals surface area contributed by atoms with Gasteiger partial charge in [-0.25, -0.2) is 0 Å². The number of amides is 1. The van der Waals surface area contributed by atoms with Gasteiger partial charge in [-0.3, -0.25) is 9.59 Å². The number of hydrogen-bond acceptors (Lipinski definition) is 5. The van der Waals surface area contributed by atoms with Crippen molar-refractivity contribution in [3.8, 4) is 0 Å². The van der Waals surface area contributed by atoms with Crippen LogP contribution in [-0.2, 0) is 25.5 Å². The van der Waals surface area contributed by atoms with Gasteiger partial charge in [0, 0.05) is 35.3 Å². The van der Waals surface area contributed by atoms with E-state index >= 15 is 0 Å². The molecule has 3 atom stereocenters. The lowest BCUT2D eigenvalue weighted by molar-refractivity contribution is -0.140. The number of esters is 1. The molecule has 0 spiro atoms. The van der Waals surface area contributed by atoms with Gasteiger partial charge < -0.3 is 20.1 Å². The topological polar surface area (TPSA) is 76.7 Å². The van der Waals surface area contributed by atoms with Crippen LogP contribution in [-0.4, -0.2) is 32.1 Å². The lowest BCUT2D eigenvalue weighted by Crippen LogP contribution is -2.30. The molecule has 4 rings (SSSR count). The number of carbonyl (C=O) groups excluding carboxylic acids is 2. The van der Waals surface area contributed by atoms with Crippen LogP contribution >= 0.6 is 11.6 Å². The van der Waals surface area contributed by atoms with Crippen LogP contribution in [0.5, 0.6) is 0 Å². The highest BCUT2D eigenvalue weighted by molar-refractivity contribution is 6.30. The molecule has 7 heteroatoms. The molecule has 1 fully saturated rings. The fraction of sp³-hybridized carbons (Fsp3) is 0.391. The summed E-state index contributed by atoms with van der Waals surface area (Å²) < 4.78 is 10.7. The number of nitrogens with one attached hydrogen (secondary N) is 2. The van der Waals surface area contributed by atoms with Crippen LogP contribution < -0.4 is 10.6 Å². The molecule has 0 radical (unpaired) electrons. The zero-order valence-corrected chi connectivity index (χ0v) is 17.6. The number of methoxy groups -OCH3 is 1. The molecule has 0 aliphatic carbocycles. The SMILES string of the molecule is COC(=O)CCNC(=O)Cc1ccc2c(c1)C1OCCC1C(c1cccc(Cl)c1)N2. The molecule has 0 aromatic heterocycles. The van der Waals surface area contributed by atoms with Crippen LogP contribution in [0.15, 0.2) is 42.5 Å². The van der Waals surface area contributed by atoms with E-state index in [0.717, 1.165) is 33.8 Å². The first kappa shape index (κ1) is 20.7. The van der Waals surface area contributed by atoms with Crippen molar-refractivity contribution < 1.29 is 19.1 Å². The van der Waals surface area contributed by atoms with Gasteiger partial charge in [-0.1, -0.05) is 35.9 Å². The molecule has 3 unspecified atom stereocenters. The molecule has 2 aliphatic rings. The molecule has 2 aliphatic heterocycles. The van der Waals surface area contributed by atoms with E-state index in [-0.39, 0.29) is 43.4 Å². The maximum absolute atomic E-state index is 12.2. The van der Waals surface area contributed by atoms with Crippen molar-refractivity contribution in [3.63, 3.8) is 0 Å². The standard InChI is InChI=1S/C23H25ClN2O4/c1-29-21(28)7-9-25-20(27)12-14-5-6-19-18(11-14)23-17(8-10-30-23)22(26-19)15-3-2-4-16(24)13-15/h2-6,11,13,17,22-23,26H,7-10,12H2,1H3,(H,25,27). The van der Waals surface area contributed by atoms with Crippen LogP contribution in [0.3, 0.4) is 0 Å². The number of fused-ring (bicyclic) bond motifs is 3. The second-order valence-electron chi connectivity index (χ2n) is 7.70. The van der Waals surface area contributed by atoms with Crippen molar-refractivity contribution in [1.82, 2.24) is 5.32 Å². The lowest BCUT2D eigenvalue weighted by atomic mass is 9.80. The molecule has 1 amide bonds. The summed E-state index contributed by atoms with van der Waals surface area (Å²) in [5, 5.41) is 7.14. The highest BCUT2D eigenvalue weighted by Gasteiger charge is 2.41. The van der Waals surface area contributed by atoms with Gasteiger partial charge in [0.15, 0.2) is 0 Å². The third-order valence-corrected chi connectivity index (χ3v) is 5.99. The number of hydrogen-bond donors (Lipinski definition) is 2. The zero-order valence-electron chi connectivity index (χ0n) is 16.8. The Kier molecular flexibility index (Phi) is 6.25. The van der Waals surface area contributed by atoms with Crippen molar-refractivity contribution >= 4 is 29.2 Å². The normalized spacial score (nSPS) is 21.9. The van der Waals surface area contributed by atoms with Gasteiger partial charge in [0.1, 0.15) is 0 Å². The Morgan fingerprint density at radius 2 is 2.13 bits per heavy atom. The van der Waals surface area contributed by atoms with Gasteiger partial charge in [0.2, 0.25) is 5.91 Å². The smallest absolute Gasteiger partial charge is 0.307 e. The molecule has 30 heavy (non-hydrogen) atoms. The Bertz CT molecular complexity index is 949. The summed E-state index contributed by atoms with van der Waals surface area (Å²) in [5.74, 6) is -0.155. The Balaban J connectivity index is 1.49. The fourth-order valence-corrected chi connectivity index (χ4v) is 4.51. The van der Waals surface area contributed by atoms with Crippen LogP contribution in [0.2, 0.25) is 5.02 Å². The van der Waals surface area contributed by atoms with Crippen molar-refractivity contribution in [2.75, 3.05) is 25.6 Å². The van der Waals surface area contributed by atoms with Crippen LogP contribution in [0.1, 0.15) is 41.7 Å². The Morgan fingerprint density at radius 1 is 1.27 bits per heavy atom. The van der Waals surface area contributed by atoms with E-state index < -0.39 is 0 Å². The summed E-state index contributed by atoms with van der Waals surface area (Å²) >= 11 is 6.22.